The van der Waals surface area contributed by atoms with Crippen molar-refractivity contribution in [2.24, 2.45) is 0 Å². The van der Waals surface area contributed by atoms with Gasteiger partial charge in [0.05, 0.1) is 10.9 Å². The van der Waals surface area contributed by atoms with Gasteiger partial charge in [0.2, 0.25) is 10.0 Å². The molecule has 0 bridgehead atoms. The van der Waals surface area contributed by atoms with Gasteiger partial charge < -0.3 is 4.98 Å². The Bertz CT molecular complexity index is 1680. The molecular weight excluding hydrogens is 452 g/mol. The number of nitrogens with one attached hydrogen (secondary N) is 1. The van der Waals surface area contributed by atoms with Crippen LogP contribution in [0.15, 0.2) is 109 Å². The second-order valence-electron chi connectivity index (χ2n) is 9.20. The van der Waals surface area contributed by atoms with Gasteiger partial charge in [-0.2, -0.15) is 4.31 Å². The monoisotopic (exact) mass is 478 g/mol. The average molecular weight is 479 g/mol. The Morgan fingerprint density at radius 2 is 1.57 bits per heavy atom. The summed E-state index contributed by atoms with van der Waals surface area (Å²) in [6.07, 6.45) is 1.87. The predicted octanol–water partition coefficient (Wildman–Crippen LogP) is 6.69. The number of para-hydroxylation sites is 1. The van der Waals surface area contributed by atoms with E-state index < -0.39 is 16.1 Å². The Hall–Kier alpha value is -3.67. The van der Waals surface area contributed by atoms with Crippen molar-refractivity contribution in [1.29, 1.82) is 0 Å². The Morgan fingerprint density at radius 1 is 0.886 bits per heavy atom. The van der Waals surface area contributed by atoms with E-state index in [4.69, 9.17) is 0 Å². The van der Waals surface area contributed by atoms with Gasteiger partial charge in [-0.05, 0) is 47.0 Å². The maximum atomic E-state index is 14.2. The van der Waals surface area contributed by atoms with Crippen molar-refractivity contribution in [3.05, 3.63) is 126 Å². The fourth-order valence-electron chi connectivity index (χ4n) is 5.41. The quantitative estimate of drug-likeness (QED) is 0.293. The van der Waals surface area contributed by atoms with E-state index in [2.05, 4.69) is 35.8 Å². The van der Waals surface area contributed by atoms with Gasteiger partial charge >= 0.3 is 0 Å². The number of aryl methyl sites for hydroxylation is 1. The molecule has 0 radical (unpaired) electrons. The van der Waals surface area contributed by atoms with Crippen LogP contribution in [0.3, 0.4) is 0 Å². The van der Waals surface area contributed by atoms with Crippen LogP contribution in [0, 0.1) is 6.92 Å². The number of rotatable bonds is 4. The molecule has 1 N–H and O–H groups in total. The maximum Gasteiger partial charge on any atom is 0.244 e. The molecule has 5 heteroatoms. The van der Waals surface area contributed by atoms with Crippen LogP contribution in [0.25, 0.3) is 21.7 Å². The third-order valence-corrected chi connectivity index (χ3v) is 8.96. The van der Waals surface area contributed by atoms with Gasteiger partial charge in [0.1, 0.15) is 0 Å². The lowest BCUT2D eigenvalue weighted by atomic mass is 9.86. The van der Waals surface area contributed by atoms with E-state index in [0.717, 1.165) is 44.1 Å². The molecule has 1 aliphatic rings. The number of sulfonamides is 1. The van der Waals surface area contributed by atoms with Gasteiger partial charge in [0, 0.05) is 29.1 Å². The Morgan fingerprint density at radius 3 is 2.34 bits per heavy atom. The number of aromatic amines is 1. The smallest absolute Gasteiger partial charge is 0.244 e. The Balaban J connectivity index is 1.66. The number of hydrogen-bond donors (Lipinski definition) is 1. The van der Waals surface area contributed by atoms with Crippen molar-refractivity contribution in [2.75, 3.05) is 6.54 Å². The zero-order valence-corrected chi connectivity index (χ0v) is 20.3. The number of benzene rings is 4. The molecule has 1 aliphatic heterocycles. The molecule has 4 aromatic carbocycles. The summed E-state index contributed by atoms with van der Waals surface area (Å²) >= 11 is 0. The van der Waals surface area contributed by atoms with Crippen molar-refractivity contribution in [3.8, 4) is 0 Å². The van der Waals surface area contributed by atoms with Gasteiger partial charge in [0.15, 0.2) is 0 Å². The minimum absolute atomic E-state index is 0.132. The topological polar surface area (TPSA) is 53.2 Å². The van der Waals surface area contributed by atoms with Crippen LogP contribution in [0.4, 0.5) is 0 Å². The highest BCUT2D eigenvalue weighted by Gasteiger charge is 2.42. The molecular formula is C30H26N2O2S. The third-order valence-electron chi connectivity index (χ3n) is 7.12. The highest BCUT2D eigenvalue weighted by molar-refractivity contribution is 7.89. The molecule has 0 fully saturated rings. The molecule has 0 aliphatic carbocycles. The predicted molar refractivity (Wildman–Crippen MR) is 142 cm³/mol. The summed E-state index contributed by atoms with van der Waals surface area (Å²) in [5.41, 5.74) is 5.03. The molecule has 0 saturated heterocycles. The van der Waals surface area contributed by atoms with Crippen molar-refractivity contribution in [3.63, 3.8) is 0 Å². The number of hydrogen-bond acceptors (Lipinski definition) is 2. The van der Waals surface area contributed by atoms with E-state index >= 15 is 0 Å². The van der Waals surface area contributed by atoms with Crippen LogP contribution >= 0.6 is 0 Å². The van der Waals surface area contributed by atoms with Crippen LogP contribution < -0.4 is 0 Å². The summed E-state index contributed by atoms with van der Waals surface area (Å²) < 4.78 is 30.0. The van der Waals surface area contributed by atoms with Crippen LogP contribution in [-0.4, -0.2) is 24.3 Å². The van der Waals surface area contributed by atoms with E-state index in [1.54, 1.807) is 16.4 Å². The Kier molecular flexibility index (Phi) is 5.13. The zero-order chi connectivity index (χ0) is 24.2. The van der Waals surface area contributed by atoms with Gasteiger partial charge in [-0.15, -0.1) is 6.58 Å². The molecule has 0 spiro atoms. The number of nitrogens with zero attached hydrogens (tertiary/aromatic N) is 1. The molecule has 0 saturated carbocycles. The summed E-state index contributed by atoms with van der Waals surface area (Å²) in [5.74, 6) is -0.132. The fraction of sp³-hybridized carbons (Fsp3) is 0.133. The molecule has 1 aromatic heterocycles. The number of aromatic nitrogens is 1. The summed E-state index contributed by atoms with van der Waals surface area (Å²) in [6, 6.07) is 29.1. The van der Waals surface area contributed by atoms with E-state index in [1.807, 2.05) is 67.6 Å². The van der Waals surface area contributed by atoms with Crippen molar-refractivity contribution < 1.29 is 8.42 Å². The fourth-order valence-corrected chi connectivity index (χ4v) is 7.01. The van der Waals surface area contributed by atoms with E-state index in [9.17, 15) is 8.42 Å². The lowest BCUT2D eigenvalue weighted by Crippen LogP contribution is -2.42. The molecule has 2 heterocycles. The normalized spacial score (nSPS) is 18.5. The minimum Gasteiger partial charge on any atom is -0.357 e. The second-order valence-corrected chi connectivity index (χ2v) is 11.1. The van der Waals surface area contributed by atoms with Gasteiger partial charge in [-0.1, -0.05) is 84.4 Å². The number of fused-ring (bicyclic) bond motifs is 4. The SMILES string of the molecule is C=C[C@H]1CN(S(=O)(=O)c2ccc(C)cc2)[C@@H](c2cccc3ccccc23)c2[nH]c3ccccc3c21. The van der Waals surface area contributed by atoms with Gasteiger partial charge in [-0.25, -0.2) is 8.42 Å². The molecule has 0 amide bonds. The van der Waals surface area contributed by atoms with Crippen LogP contribution in [0.5, 0.6) is 0 Å². The first kappa shape index (κ1) is 21.8. The zero-order valence-electron chi connectivity index (χ0n) is 19.5. The second kappa shape index (κ2) is 8.22. The molecule has 35 heavy (non-hydrogen) atoms. The largest absolute Gasteiger partial charge is 0.357 e. The Labute approximate surface area is 205 Å². The standard InChI is InChI=1S/C30H26N2O2S/c1-3-21-19-32(35(33,34)23-17-15-20(2)16-18-23)30(25-13-8-10-22-9-4-5-11-24(22)25)29-28(21)26-12-6-7-14-27(26)31-29/h3-18,21,30-31H,1,19H2,2H3/t21-,30-/m0/s1. The molecule has 5 aromatic rings. The van der Waals surface area contributed by atoms with Crippen molar-refractivity contribution >= 4 is 31.7 Å². The molecule has 174 valence electrons. The van der Waals surface area contributed by atoms with Gasteiger partial charge in [-0.3, -0.25) is 0 Å². The first-order valence-electron chi connectivity index (χ1n) is 11.8. The lowest BCUT2D eigenvalue weighted by molar-refractivity contribution is 0.328. The van der Waals surface area contributed by atoms with Gasteiger partial charge in [0.25, 0.3) is 0 Å². The third kappa shape index (κ3) is 3.42. The number of H-pyrrole nitrogens is 1. The average Bonchev–Trinajstić information content (AvgIpc) is 3.27. The molecule has 6 rings (SSSR count). The van der Waals surface area contributed by atoms with E-state index in [0.29, 0.717) is 11.4 Å². The highest BCUT2D eigenvalue weighted by atomic mass is 32.2. The minimum atomic E-state index is -3.80. The first-order valence-corrected chi connectivity index (χ1v) is 13.2. The van der Waals surface area contributed by atoms with E-state index in [-0.39, 0.29) is 5.92 Å². The van der Waals surface area contributed by atoms with E-state index in [1.165, 1.54) is 0 Å². The van der Waals surface area contributed by atoms with Crippen LogP contribution in [0.2, 0.25) is 0 Å². The molecule has 4 nitrogen and oxygen atoms in total. The lowest BCUT2D eigenvalue weighted by Gasteiger charge is -2.38. The van der Waals surface area contributed by atoms with Crippen LogP contribution in [-0.2, 0) is 10.0 Å². The summed E-state index contributed by atoms with van der Waals surface area (Å²) in [6.45, 7) is 6.36. The molecule has 0 unspecified atom stereocenters. The summed E-state index contributed by atoms with van der Waals surface area (Å²) in [4.78, 5) is 3.90. The van der Waals surface area contributed by atoms with Crippen molar-refractivity contribution in [2.45, 2.75) is 23.8 Å². The maximum absolute atomic E-state index is 14.2. The summed E-state index contributed by atoms with van der Waals surface area (Å²) in [5, 5.41) is 3.25. The summed E-state index contributed by atoms with van der Waals surface area (Å²) in [7, 11) is -3.80. The highest BCUT2D eigenvalue weighted by Crippen LogP contribution is 2.47. The molecule has 2 atom stereocenters. The van der Waals surface area contributed by atoms with Crippen LogP contribution in [0.1, 0.15) is 34.3 Å². The van der Waals surface area contributed by atoms with Crippen molar-refractivity contribution in [1.82, 2.24) is 9.29 Å². The first-order chi connectivity index (χ1) is 17.0.